The third-order valence-corrected chi connectivity index (χ3v) is 4.43. The van der Waals surface area contributed by atoms with Crippen molar-refractivity contribution in [3.63, 3.8) is 0 Å². The van der Waals surface area contributed by atoms with Crippen LogP contribution in [0.15, 0.2) is 0 Å². The van der Waals surface area contributed by atoms with Gasteiger partial charge in [-0.25, -0.2) is 0 Å². The zero-order chi connectivity index (χ0) is 10.5. The van der Waals surface area contributed by atoms with Gasteiger partial charge in [-0.2, -0.15) is 0 Å². The monoisotopic (exact) mass is 238 g/mol. The van der Waals surface area contributed by atoms with Crippen LogP contribution in [-0.2, 0) is 0 Å². The van der Waals surface area contributed by atoms with Crippen LogP contribution in [0.3, 0.4) is 0 Å². The highest BCUT2D eigenvalue weighted by Crippen LogP contribution is 2.24. The molecule has 14 heavy (non-hydrogen) atoms. The summed E-state index contributed by atoms with van der Waals surface area (Å²) in [6.45, 7) is 0.665. The molecule has 0 aliphatic heterocycles. The number of hydrogen-bond acceptors (Lipinski definition) is 4. The Morgan fingerprint density at radius 3 is 1.36 bits per heavy atom. The van der Waals surface area contributed by atoms with Gasteiger partial charge in [-0.05, 0) is 25.7 Å². The first kappa shape index (κ1) is 14.6. The fourth-order valence-corrected chi connectivity index (χ4v) is 3.31. The van der Waals surface area contributed by atoms with Crippen LogP contribution in [0.25, 0.3) is 0 Å². The lowest BCUT2D eigenvalue weighted by Gasteiger charge is -2.00. The predicted molar refractivity (Wildman–Crippen MR) is 66.8 cm³/mol. The second-order valence-electron chi connectivity index (χ2n) is 3.21. The molecule has 0 amide bonds. The summed E-state index contributed by atoms with van der Waals surface area (Å²) >= 11 is 0. The van der Waals surface area contributed by atoms with Crippen molar-refractivity contribution in [1.29, 1.82) is 0 Å². The molecule has 0 fully saturated rings. The minimum absolute atomic E-state index is 0.332. The normalized spacial score (nSPS) is 10.7. The van der Waals surface area contributed by atoms with E-state index in [0.717, 1.165) is 25.7 Å². The van der Waals surface area contributed by atoms with Gasteiger partial charge in [0, 0.05) is 24.7 Å². The Labute approximate surface area is 95.3 Å². The van der Waals surface area contributed by atoms with Gasteiger partial charge in [-0.1, -0.05) is 34.4 Å². The van der Waals surface area contributed by atoms with E-state index >= 15 is 0 Å². The Hall–Kier alpha value is 0.620. The highest BCUT2D eigenvalue weighted by atomic mass is 33.1. The summed E-state index contributed by atoms with van der Waals surface area (Å²) < 4.78 is 0. The maximum Gasteiger partial charge on any atom is 0.0431 e. The van der Waals surface area contributed by atoms with Crippen LogP contribution in [-0.4, -0.2) is 34.9 Å². The van der Waals surface area contributed by atoms with E-state index in [1.807, 2.05) is 21.6 Å². The van der Waals surface area contributed by atoms with Gasteiger partial charge in [-0.15, -0.1) is 0 Å². The highest BCUT2D eigenvalue weighted by molar-refractivity contribution is 8.76. The lowest BCUT2D eigenvalue weighted by Crippen LogP contribution is -1.85. The van der Waals surface area contributed by atoms with E-state index in [9.17, 15) is 0 Å². The summed E-state index contributed by atoms with van der Waals surface area (Å²) in [5.74, 6) is 2.40. The second-order valence-corrected chi connectivity index (χ2v) is 5.91. The van der Waals surface area contributed by atoms with Crippen LogP contribution < -0.4 is 0 Å². The summed E-state index contributed by atoms with van der Waals surface area (Å²) in [5, 5.41) is 17.1. The van der Waals surface area contributed by atoms with Gasteiger partial charge in [-0.3, -0.25) is 0 Å². The highest BCUT2D eigenvalue weighted by Gasteiger charge is 1.92. The maximum absolute atomic E-state index is 8.56. The average molecular weight is 238 g/mol. The molecule has 0 heterocycles. The Kier molecular flexibility index (Phi) is 14.2. The van der Waals surface area contributed by atoms with E-state index in [1.54, 1.807) is 0 Å². The maximum atomic E-state index is 8.56. The lowest BCUT2D eigenvalue weighted by molar-refractivity contribution is 0.284. The summed E-state index contributed by atoms with van der Waals surface area (Å²) in [6, 6.07) is 0. The first-order valence-corrected chi connectivity index (χ1v) is 7.86. The van der Waals surface area contributed by atoms with Crippen molar-refractivity contribution in [1.82, 2.24) is 0 Å². The molecule has 0 aromatic rings. The molecule has 0 rings (SSSR count). The first-order valence-electron chi connectivity index (χ1n) is 5.38. The Balaban J connectivity index is 2.78. The van der Waals surface area contributed by atoms with Gasteiger partial charge in [0.1, 0.15) is 0 Å². The van der Waals surface area contributed by atoms with Crippen molar-refractivity contribution in [2.24, 2.45) is 0 Å². The zero-order valence-corrected chi connectivity index (χ0v) is 10.4. The molecule has 0 bridgehead atoms. The van der Waals surface area contributed by atoms with Gasteiger partial charge in [0.15, 0.2) is 0 Å². The molecular formula is C10H22O2S2. The van der Waals surface area contributed by atoms with Crippen LogP contribution in [0.5, 0.6) is 0 Å². The molecule has 0 aliphatic rings. The van der Waals surface area contributed by atoms with Crippen molar-refractivity contribution in [3.8, 4) is 0 Å². The Morgan fingerprint density at radius 2 is 1.00 bits per heavy atom. The van der Waals surface area contributed by atoms with Crippen LogP contribution >= 0.6 is 21.6 Å². The molecule has 0 atom stereocenters. The van der Waals surface area contributed by atoms with Crippen LogP contribution in [0.1, 0.15) is 38.5 Å². The summed E-state index contributed by atoms with van der Waals surface area (Å²) in [4.78, 5) is 0. The standard InChI is InChI=1S/C10H22O2S2/c11-7-3-1-5-9-13-14-10-6-2-4-8-12/h11-12H,1-10H2. The minimum Gasteiger partial charge on any atom is -0.396 e. The molecule has 0 radical (unpaired) electrons. The van der Waals surface area contributed by atoms with Gasteiger partial charge >= 0.3 is 0 Å². The van der Waals surface area contributed by atoms with E-state index in [2.05, 4.69) is 0 Å². The number of rotatable bonds is 11. The summed E-state index contributed by atoms with van der Waals surface area (Å²) in [7, 11) is 3.87. The van der Waals surface area contributed by atoms with Crippen molar-refractivity contribution in [2.45, 2.75) is 38.5 Å². The van der Waals surface area contributed by atoms with Crippen LogP contribution in [0.4, 0.5) is 0 Å². The Bertz CT molecular complexity index is 90.1. The molecule has 0 aromatic heterocycles. The number of aliphatic hydroxyl groups is 2. The second kappa shape index (κ2) is 13.6. The molecule has 86 valence electrons. The van der Waals surface area contributed by atoms with Crippen molar-refractivity contribution >= 4 is 21.6 Å². The third kappa shape index (κ3) is 12.6. The van der Waals surface area contributed by atoms with Crippen LogP contribution in [0.2, 0.25) is 0 Å². The van der Waals surface area contributed by atoms with Crippen molar-refractivity contribution in [2.75, 3.05) is 24.7 Å². The molecule has 0 saturated heterocycles. The molecule has 2 nitrogen and oxygen atoms in total. The van der Waals surface area contributed by atoms with E-state index in [1.165, 1.54) is 24.3 Å². The molecule has 0 aromatic carbocycles. The number of hydrogen-bond donors (Lipinski definition) is 2. The average Bonchev–Trinajstić information content (AvgIpc) is 2.21. The predicted octanol–water partition coefficient (Wildman–Crippen LogP) is 2.69. The summed E-state index contributed by atoms with van der Waals surface area (Å²) in [6.07, 6.45) is 6.62. The SMILES string of the molecule is OCCCCCSSCCCCCO. The fraction of sp³-hybridized carbons (Fsp3) is 1.00. The molecule has 0 spiro atoms. The van der Waals surface area contributed by atoms with E-state index in [0.29, 0.717) is 13.2 Å². The number of unbranched alkanes of at least 4 members (excludes halogenated alkanes) is 4. The smallest absolute Gasteiger partial charge is 0.0431 e. The molecule has 0 saturated carbocycles. The molecule has 0 unspecified atom stereocenters. The van der Waals surface area contributed by atoms with Gasteiger partial charge in [0.2, 0.25) is 0 Å². The quantitative estimate of drug-likeness (QED) is 0.429. The molecular weight excluding hydrogens is 216 g/mol. The van der Waals surface area contributed by atoms with Gasteiger partial charge < -0.3 is 10.2 Å². The van der Waals surface area contributed by atoms with E-state index < -0.39 is 0 Å². The molecule has 4 heteroatoms. The Morgan fingerprint density at radius 1 is 0.571 bits per heavy atom. The third-order valence-electron chi connectivity index (χ3n) is 1.85. The van der Waals surface area contributed by atoms with Gasteiger partial charge in [0.25, 0.3) is 0 Å². The van der Waals surface area contributed by atoms with E-state index in [-0.39, 0.29) is 0 Å². The van der Waals surface area contributed by atoms with E-state index in [4.69, 9.17) is 10.2 Å². The van der Waals surface area contributed by atoms with Gasteiger partial charge in [0.05, 0.1) is 0 Å². The summed E-state index contributed by atoms with van der Waals surface area (Å²) in [5.41, 5.74) is 0. The topological polar surface area (TPSA) is 40.5 Å². The molecule has 0 aliphatic carbocycles. The largest absolute Gasteiger partial charge is 0.396 e. The minimum atomic E-state index is 0.332. The van der Waals surface area contributed by atoms with Crippen molar-refractivity contribution < 1.29 is 10.2 Å². The van der Waals surface area contributed by atoms with Crippen LogP contribution in [0, 0.1) is 0 Å². The zero-order valence-electron chi connectivity index (χ0n) is 8.78. The fourth-order valence-electron chi connectivity index (χ4n) is 1.02. The van der Waals surface area contributed by atoms with Crippen molar-refractivity contribution in [3.05, 3.63) is 0 Å². The first-order chi connectivity index (χ1) is 6.91. The number of aliphatic hydroxyl groups excluding tert-OH is 2. The lowest BCUT2D eigenvalue weighted by atomic mass is 10.3. The molecule has 2 N–H and O–H groups in total.